The van der Waals surface area contributed by atoms with E-state index in [0.717, 1.165) is 49.0 Å². The van der Waals surface area contributed by atoms with Crippen molar-refractivity contribution in [1.82, 2.24) is 0 Å². The zero-order valence-electron chi connectivity index (χ0n) is 22.5. The molecule has 0 atom stereocenters. The van der Waals surface area contributed by atoms with Crippen molar-refractivity contribution < 1.29 is 28.5 Å². The lowest BCUT2D eigenvalue weighted by molar-refractivity contribution is 0.0526. The maximum atomic E-state index is 12.3. The summed E-state index contributed by atoms with van der Waals surface area (Å²) in [6.07, 6.45) is 10.4. The monoisotopic (exact) mass is 528 g/mol. The number of ether oxygens (including phenoxy) is 4. The second kappa shape index (κ2) is 12.8. The van der Waals surface area contributed by atoms with Crippen molar-refractivity contribution in [2.75, 3.05) is 6.61 Å². The largest absolute Gasteiger partial charge is 0.488 e. The van der Waals surface area contributed by atoms with Gasteiger partial charge in [0.25, 0.3) is 0 Å². The summed E-state index contributed by atoms with van der Waals surface area (Å²) in [7, 11) is 0. The number of hydrogen-bond acceptors (Lipinski definition) is 6. The van der Waals surface area contributed by atoms with Crippen molar-refractivity contribution in [3.05, 3.63) is 77.4 Å². The van der Waals surface area contributed by atoms with E-state index in [1.807, 2.05) is 30.3 Å². The van der Waals surface area contributed by atoms with Gasteiger partial charge in [-0.15, -0.1) is 0 Å². The molecule has 3 aromatic carbocycles. The van der Waals surface area contributed by atoms with Gasteiger partial charge in [0.15, 0.2) is 17.8 Å². The summed E-state index contributed by atoms with van der Waals surface area (Å²) in [5.74, 6) is 1.74. The first kappa shape index (κ1) is 26.8. The number of aldehydes is 1. The standard InChI is InChI=1S/C33H36O6/c1-2-36-33(35)25-10-7-9-24(20-25)32-26(21-34)11-8-16-30(32)37-22-23-17-18-29(38-27-12-3-4-13-27)31(19-23)39-28-14-5-6-15-28/h7-11,16-21,27-28H,2-6,12-15,22H2,1H3. The van der Waals surface area contributed by atoms with Crippen LogP contribution in [0.15, 0.2) is 60.7 Å². The summed E-state index contributed by atoms with van der Waals surface area (Å²) in [6.45, 7) is 2.35. The van der Waals surface area contributed by atoms with Gasteiger partial charge in [0.1, 0.15) is 12.4 Å². The van der Waals surface area contributed by atoms with Crippen molar-refractivity contribution in [3.8, 4) is 28.4 Å². The van der Waals surface area contributed by atoms with Gasteiger partial charge in [-0.2, -0.15) is 0 Å². The average Bonchev–Trinajstić information content (AvgIpc) is 3.68. The molecule has 0 unspecified atom stereocenters. The smallest absolute Gasteiger partial charge is 0.338 e. The molecule has 0 amide bonds. The van der Waals surface area contributed by atoms with E-state index in [-0.39, 0.29) is 18.8 Å². The first-order valence-electron chi connectivity index (χ1n) is 14.1. The predicted molar refractivity (Wildman–Crippen MR) is 150 cm³/mol. The van der Waals surface area contributed by atoms with Crippen LogP contribution in [0.5, 0.6) is 17.2 Å². The van der Waals surface area contributed by atoms with E-state index in [1.165, 1.54) is 25.7 Å². The molecule has 6 heteroatoms. The van der Waals surface area contributed by atoms with E-state index in [0.29, 0.717) is 34.6 Å². The Kier molecular flexibility index (Phi) is 8.82. The molecule has 0 aromatic heterocycles. The normalized spacial score (nSPS) is 15.7. The van der Waals surface area contributed by atoms with Crippen molar-refractivity contribution in [2.45, 2.75) is 77.1 Å². The minimum absolute atomic E-state index is 0.217. The molecule has 2 aliphatic carbocycles. The molecule has 204 valence electrons. The Morgan fingerprint density at radius 2 is 1.51 bits per heavy atom. The third-order valence-electron chi connectivity index (χ3n) is 7.44. The van der Waals surface area contributed by atoms with E-state index in [1.54, 1.807) is 37.3 Å². The van der Waals surface area contributed by atoms with Gasteiger partial charge < -0.3 is 18.9 Å². The first-order valence-corrected chi connectivity index (χ1v) is 14.1. The minimum atomic E-state index is -0.403. The number of benzene rings is 3. The van der Waals surface area contributed by atoms with Crippen molar-refractivity contribution in [3.63, 3.8) is 0 Å². The Bertz CT molecular complexity index is 1290. The van der Waals surface area contributed by atoms with Gasteiger partial charge in [0, 0.05) is 11.1 Å². The van der Waals surface area contributed by atoms with Crippen LogP contribution in [0.25, 0.3) is 11.1 Å². The second-order valence-electron chi connectivity index (χ2n) is 10.3. The topological polar surface area (TPSA) is 71.1 Å². The van der Waals surface area contributed by atoms with Crippen molar-refractivity contribution in [1.29, 1.82) is 0 Å². The van der Waals surface area contributed by atoms with E-state index < -0.39 is 5.97 Å². The van der Waals surface area contributed by atoms with Crippen LogP contribution >= 0.6 is 0 Å². The Morgan fingerprint density at radius 3 is 2.21 bits per heavy atom. The van der Waals surface area contributed by atoms with Crippen molar-refractivity contribution in [2.24, 2.45) is 0 Å². The Morgan fingerprint density at radius 1 is 0.821 bits per heavy atom. The number of rotatable bonds is 11. The van der Waals surface area contributed by atoms with Crippen LogP contribution in [0.4, 0.5) is 0 Å². The van der Waals surface area contributed by atoms with Gasteiger partial charge in [-0.25, -0.2) is 4.79 Å². The molecule has 0 saturated heterocycles. The van der Waals surface area contributed by atoms with Crippen LogP contribution in [-0.4, -0.2) is 31.1 Å². The summed E-state index contributed by atoms with van der Waals surface area (Å²) in [6, 6.07) is 18.5. The quantitative estimate of drug-likeness (QED) is 0.189. The highest BCUT2D eigenvalue weighted by molar-refractivity contribution is 5.94. The van der Waals surface area contributed by atoms with Crippen LogP contribution in [0, 0.1) is 0 Å². The maximum absolute atomic E-state index is 12.3. The van der Waals surface area contributed by atoms with Gasteiger partial charge in [0.2, 0.25) is 0 Å². The highest BCUT2D eigenvalue weighted by Gasteiger charge is 2.22. The SMILES string of the molecule is CCOC(=O)c1cccc(-c2c(C=O)cccc2OCc2ccc(OC3CCCC3)c(OC3CCCC3)c2)c1. The highest BCUT2D eigenvalue weighted by atomic mass is 16.5. The lowest BCUT2D eigenvalue weighted by Gasteiger charge is -2.21. The maximum Gasteiger partial charge on any atom is 0.338 e. The molecule has 0 bridgehead atoms. The Hall–Kier alpha value is -3.80. The molecular weight excluding hydrogens is 492 g/mol. The lowest BCUT2D eigenvalue weighted by atomic mass is 9.97. The molecule has 0 aliphatic heterocycles. The van der Waals surface area contributed by atoms with Crippen LogP contribution in [-0.2, 0) is 11.3 Å². The second-order valence-corrected chi connectivity index (χ2v) is 10.3. The predicted octanol–water partition coefficient (Wildman–Crippen LogP) is 7.56. The Labute approximate surface area is 230 Å². The Balaban J connectivity index is 1.39. The number of carbonyl (C=O) groups is 2. The molecule has 39 heavy (non-hydrogen) atoms. The van der Waals surface area contributed by atoms with Gasteiger partial charge in [-0.3, -0.25) is 4.79 Å². The lowest BCUT2D eigenvalue weighted by Crippen LogP contribution is -2.15. The van der Waals surface area contributed by atoms with Crippen molar-refractivity contribution >= 4 is 12.3 Å². The molecule has 0 spiro atoms. The van der Waals surface area contributed by atoms with E-state index in [4.69, 9.17) is 18.9 Å². The molecular formula is C33H36O6. The molecule has 5 rings (SSSR count). The molecule has 0 radical (unpaired) electrons. The summed E-state index contributed by atoms with van der Waals surface area (Å²) in [4.78, 5) is 24.3. The van der Waals surface area contributed by atoms with E-state index >= 15 is 0 Å². The molecule has 0 N–H and O–H groups in total. The van der Waals surface area contributed by atoms with Gasteiger partial charge >= 0.3 is 5.97 Å². The molecule has 2 saturated carbocycles. The summed E-state index contributed by atoms with van der Waals surface area (Å²) in [5.41, 5.74) is 3.21. The molecule has 2 aliphatic rings. The fourth-order valence-corrected chi connectivity index (χ4v) is 5.46. The number of carbonyl (C=O) groups excluding carboxylic acids is 2. The van der Waals surface area contributed by atoms with Crippen LogP contribution in [0.2, 0.25) is 0 Å². The summed E-state index contributed by atoms with van der Waals surface area (Å²) in [5, 5.41) is 0. The van der Waals surface area contributed by atoms with Crippen LogP contribution < -0.4 is 14.2 Å². The average molecular weight is 529 g/mol. The molecule has 6 nitrogen and oxygen atoms in total. The summed E-state index contributed by atoms with van der Waals surface area (Å²) < 4.78 is 24.2. The molecule has 0 heterocycles. The van der Waals surface area contributed by atoms with Crippen LogP contribution in [0.1, 0.15) is 84.6 Å². The van der Waals surface area contributed by atoms with Gasteiger partial charge in [0.05, 0.1) is 24.4 Å². The zero-order valence-corrected chi connectivity index (χ0v) is 22.5. The summed E-state index contributed by atoms with van der Waals surface area (Å²) >= 11 is 0. The number of esters is 1. The van der Waals surface area contributed by atoms with Gasteiger partial charge in [-0.1, -0.05) is 30.3 Å². The third-order valence-corrected chi connectivity index (χ3v) is 7.44. The zero-order chi connectivity index (χ0) is 27.0. The van der Waals surface area contributed by atoms with Gasteiger partial charge in [-0.05, 0) is 99.7 Å². The molecule has 3 aromatic rings. The highest BCUT2D eigenvalue weighted by Crippen LogP contribution is 2.37. The fraction of sp³-hybridized carbons (Fsp3) is 0.394. The van der Waals surface area contributed by atoms with Crippen LogP contribution in [0.3, 0.4) is 0 Å². The first-order chi connectivity index (χ1) is 19.1. The number of hydrogen-bond donors (Lipinski definition) is 0. The third kappa shape index (κ3) is 6.62. The fourth-order valence-electron chi connectivity index (χ4n) is 5.46. The van der Waals surface area contributed by atoms with E-state index in [9.17, 15) is 9.59 Å². The van der Waals surface area contributed by atoms with E-state index in [2.05, 4.69) is 0 Å². The molecule has 2 fully saturated rings. The minimum Gasteiger partial charge on any atom is -0.488 e.